The van der Waals surface area contributed by atoms with Gasteiger partial charge in [-0.05, 0) is 55.8 Å². The van der Waals surface area contributed by atoms with Crippen molar-refractivity contribution < 1.29 is 9.59 Å². The second-order valence-electron chi connectivity index (χ2n) is 6.96. The largest absolute Gasteiger partial charge is 0.347 e. The third kappa shape index (κ3) is 5.28. The molecule has 148 valence electrons. The number of likely N-dealkylation sites (N-methyl/N-ethyl adjacent to an activating group) is 1. The van der Waals surface area contributed by atoms with Crippen LogP contribution in [0.2, 0.25) is 5.02 Å². The summed E-state index contributed by atoms with van der Waals surface area (Å²) in [6, 6.07) is 15.1. The predicted molar refractivity (Wildman–Crippen MR) is 114 cm³/mol. The SMILES string of the molecule is CN(C)C(=O)[C@H]1CCCN1CC(=O)Nc1ccccc1Sc1ccc(Cl)cc1. The predicted octanol–water partition coefficient (Wildman–Crippen LogP) is 3.98. The molecule has 7 heteroatoms. The van der Waals surface area contributed by atoms with Crippen LogP contribution in [0.1, 0.15) is 12.8 Å². The van der Waals surface area contributed by atoms with Crippen molar-refractivity contribution in [2.24, 2.45) is 0 Å². The smallest absolute Gasteiger partial charge is 0.239 e. The molecular weight excluding hydrogens is 394 g/mol. The topological polar surface area (TPSA) is 52.7 Å². The quantitative estimate of drug-likeness (QED) is 0.772. The van der Waals surface area contributed by atoms with Gasteiger partial charge in [0.1, 0.15) is 0 Å². The zero-order chi connectivity index (χ0) is 20.1. The van der Waals surface area contributed by atoms with Gasteiger partial charge in [0.15, 0.2) is 0 Å². The number of carbonyl (C=O) groups excluding carboxylic acids is 2. The third-order valence-corrected chi connectivity index (χ3v) is 5.97. The molecule has 3 rings (SSSR count). The molecule has 1 fully saturated rings. The molecule has 0 radical (unpaired) electrons. The van der Waals surface area contributed by atoms with Crippen LogP contribution >= 0.6 is 23.4 Å². The van der Waals surface area contributed by atoms with Crippen molar-refractivity contribution in [2.75, 3.05) is 32.5 Å². The van der Waals surface area contributed by atoms with Gasteiger partial charge in [-0.2, -0.15) is 0 Å². The molecule has 0 saturated carbocycles. The van der Waals surface area contributed by atoms with Crippen LogP contribution < -0.4 is 5.32 Å². The van der Waals surface area contributed by atoms with E-state index in [0.29, 0.717) is 5.02 Å². The summed E-state index contributed by atoms with van der Waals surface area (Å²) in [6.07, 6.45) is 1.73. The number of benzene rings is 2. The fraction of sp³-hybridized carbons (Fsp3) is 0.333. The first-order valence-corrected chi connectivity index (χ1v) is 10.4. The van der Waals surface area contributed by atoms with Crippen molar-refractivity contribution in [1.82, 2.24) is 9.80 Å². The Labute approximate surface area is 175 Å². The highest BCUT2D eigenvalue weighted by Gasteiger charge is 2.32. The maximum absolute atomic E-state index is 12.7. The van der Waals surface area contributed by atoms with Crippen molar-refractivity contribution in [3.05, 3.63) is 53.6 Å². The Morgan fingerprint density at radius 2 is 1.89 bits per heavy atom. The highest BCUT2D eigenvalue weighted by Crippen LogP contribution is 2.34. The number of hydrogen-bond donors (Lipinski definition) is 1. The van der Waals surface area contributed by atoms with E-state index in [9.17, 15) is 9.59 Å². The average molecular weight is 418 g/mol. The highest BCUT2D eigenvalue weighted by molar-refractivity contribution is 7.99. The molecule has 1 aliphatic heterocycles. The maximum Gasteiger partial charge on any atom is 0.239 e. The first kappa shape index (κ1) is 20.7. The van der Waals surface area contributed by atoms with Crippen LogP contribution in [0.25, 0.3) is 0 Å². The van der Waals surface area contributed by atoms with Crippen molar-refractivity contribution >= 4 is 40.9 Å². The number of nitrogens with one attached hydrogen (secondary N) is 1. The van der Waals surface area contributed by atoms with Gasteiger partial charge >= 0.3 is 0 Å². The number of hydrogen-bond acceptors (Lipinski definition) is 4. The third-order valence-electron chi connectivity index (χ3n) is 4.64. The first-order chi connectivity index (χ1) is 13.4. The standard InChI is InChI=1S/C21H24ClN3O2S/c1-24(2)21(27)18-7-5-13-25(18)14-20(26)23-17-6-3-4-8-19(17)28-16-11-9-15(22)10-12-16/h3-4,6,8-12,18H,5,7,13-14H2,1-2H3,(H,23,26)/t18-/m1/s1. The zero-order valence-corrected chi connectivity index (χ0v) is 17.6. The summed E-state index contributed by atoms with van der Waals surface area (Å²) in [6.45, 7) is 0.975. The molecule has 1 atom stereocenters. The second kappa shape index (κ2) is 9.45. The number of para-hydroxylation sites is 1. The number of rotatable bonds is 6. The summed E-state index contributed by atoms with van der Waals surface area (Å²) < 4.78 is 0. The molecule has 2 amide bonds. The lowest BCUT2D eigenvalue weighted by Crippen LogP contribution is -2.45. The van der Waals surface area contributed by atoms with E-state index in [4.69, 9.17) is 11.6 Å². The molecule has 1 aliphatic rings. The van der Waals surface area contributed by atoms with Gasteiger partial charge in [0.25, 0.3) is 0 Å². The van der Waals surface area contributed by atoms with Crippen molar-refractivity contribution in [1.29, 1.82) is 0 Å². The fourth-order valence-electron chi connectivity index (χ4n) is 3.26. The van der Waals surface area contributed by atoms with E-state index in [1.165, 1.54) is 0 Å². The van der Waals surface area contributed by atoms with Crippen LogP contribution in [-0.2, 0) is 9.59 Å². The Morgan fingerprint density at radius 3 is 2.61 bits per heavy atom. The number of amides is 2. The molecule has 2 aromatic carbocycles. The Hall–Kier alpha value is -2.02. The number of likely N-dealkylation sites (tertiary alicyclic amines) is 1. The molecule has 0 bridgehead atoms. The zero-order valence-electron chi connectivity index (χ0n) is 16.0. The molecule has 0 aromatic heterocycles. The minimum absolute atomic E-state index is 0.0593. The molecular formula is C21H24ClN3O2S. The molecule has 0 aliphatic carbocycles. The Balaban J connectivity index is 1.66. The second-order valence-corrected chi connectivity index (χ2v) is 8.51. The molecule has 5 nitrogen and oxygen atoms in total. The summed E-state index contributed by atoms with van der Waals surface area (Å²) in [5.74, 6) is -0.0494. The van der Waals surface area contributed by atoms with Crippen LogP contribution in [0.4, 0.5) is 5.69 Å². The van der Waals surface area contributed by atoms with Crippen LogP contribution in [0.15, 0.2) is 58.3 Å². The summed E-state index contributed by atoms with van der Waals surface area (Å²) in [5.41, 5.74) is 0.766. The van der Waals surface area contributed by atoms with Gasteiger partial charge in [-0.25, -0.2) is 0 Å². The molecule has 1 N–H and O–H groups in total. The lowest BCUT2D eigenvalue weighted by atomic mass is 10.2. The van der Waals surface area contributed by atoms with E-state index in [1.807, 2.05) is 53.4 Å². The van der Waals surface area contributed by atoms with Crippen LogP contribution in [0.5, 0.6) is 0 Å². The van der Waals surface area contributed by atoms with Gasteiger partial charge in [-0.1, -0.05) is 35.5 Å². The van der Waals surface area contributed by atoms with Crippen LogP contribution in [0.3, 0.4) is 0 Å². The van der Waals surface area contributed by atoms with Crippen LogP contribution in [-0.4, -0.2) is 54.8 Å². The van der Waals surface area contributed by atoms with Gasteiger partial charge in [0.05, 0.1) is 18.3 Å². The van der Waals surface area contributed by atoms with E-state index < -0.39 is 0 Å². The van der Waals surface area contributed by atoms with E-state index in [1.54, 1.807) is 30.8 Å². The average Bonchev–Trinajstić information content (AvgIpc) is 3.12. The van der Waals surface area contributed by atoms with Crippen molar-refractivity contribution in [3.8, 4) is 0 Å². The van der Waals surface area contributed by atoms with Crippen molar-refractivity contribution in [3.63, 3.8) is 0 Å². The lowest BCUT2D eigenvalue weighted by Gasteiger charge is -2.25. The van der Waals surface area contributed by atoms with E-state index in [0.717, 1.165) is 34.9 Å². The minimum Gasteiger partial charge on any atom is -0.347 e. The summed E-state index contributed by atoms with van der Waals surface area (Å²) in [7, 11) is 3.51. The number of halogens is 1. The highest BCUT2D eigenvalue weighted by atomic mass is 35.5. The Bertz CT molecular complexity index is 842. The Morgan fingerprint density at radius 1 is 1.18 bits per heavy atom. The molecule has 28 heavy (non-hydrogen) atoms. The van der Waals surface area contributed by atoms with Crippen molar-refractivity contribution in [2.45, 2.75) is 28.7 Å². The lowest BCUT2D eigenvalue weighted by molar-refractivity contribution is -0.133. The van der Waals surface area contributed by atoms with E-state index in [-0.39, 0.29) is 24.4 Å². The Kier molecular flexibility index (Phi) is 6.99. The van der Waals surface area contributed by atoms with Gasteiger partial charge in [0, 0.05) is 28.9 Å². The molecule has 0 unspecified atom stereocenters. The fourth-order valence-corrected chi connectivity index (χ4v) is 4.28. The van der Waals surface area contributed by atoms with Gasteiger partial charge in [-0.3, -0.25) is 14.5 Å². The monoisotopic (exact) mass is 417 g/mol. The maximum atomic E-state index is 12.7. The number of nitrogens with zero attached hydrogens (tertiary/aromatic N) is 2. The molecule has 1 heterocycles. The minimum atomic E-state index is -0.209. The van der Waals surface area contributed by atoms with Gasteiger partial charge in [0.2, 0.25) is 11.8 Å². The van der Waals surface area contributed by atoms with Gasteiger partial charge < -0.3 is 10.2 Å². The molecule has 2 aromatic rings. The summed E-state index contributed by atoms with van der Waals surface area (Å²) >= 11 is 7.52. The summed E-state index contributed by atoms with van der Waals surface area (Å²) in [5, 5.41) is 3.70. The molecule has 1 saturated heterocycles. The van der Waals surface area contributed by atoms with E-state index >= 15 is 0 Å². The van der Waals surface area contributed by atoms with E-state index in [2.05, 4.69) is 5.32 Å². The van der Waals surface area contributed by atoms with Gasteiger partial charge in [-0.15, -0.1) is 0 Å². The summed E-state index contributed by atoms with van der Waals surface area (Å²) in [4.78, 5) is 30.5. The number of carbonyl (C=O) groups is 2. The first-order valence-electron chi connectivity index (χ1n) is 9.21. The molecule has 0 spiro atoms. The normalized spacial score (nSPS) is 16.8. The number of anilines is 1. The van der Waals surface area contributed by atoms with Crippen LogP contribution in [0, 0.1) is 0 Å².